The summed E-state index contributed by atoms with van der Waals surface area (Å²) in [4.78, 5) is 13.2. The molecule has 3 aromatic rings. The first-order valence-electron chi connectivity index (χ1n) is 8.91. The van der Waals surface area contributed by atoms with Crippen molar-refractivity contribution in [2.45, 2.75) is 37.2 Å². The Bertz CT molecular complexity index is 1030. The van der Waals surface area contributed by atoms with E-state index in [9.17, 15) is 9.18 Å². The van der Waals surface area contributed by atoms with Crippen molar-refractivity contribution in [3.8, 4) is 0 Å². The van der Waals surface area contributed by atoms with Crippen LogP contribution >= 0.6 is 11.8 Å². The summed E-state index contributed by atoms with van der Waals surface area (Å²) >= 11 is 1.34. The summed E-state index contributed by atoms with van der Waals surface area (Å²) < 4.78 is 15.2. The number of halogens is 1. The van der Waals surface area contributed by atoms with Crippen LogP contribution in [0.25, 0.3) is 0 Å². The van der Waals surface area contributed by atoms with Crippen molar-refractivity contribution in [2.75, 3.05) is 10.7 Å². The van der Waals surface area contributed by atoms with Crippen molar-refractivity contribution in [1.82, 2.24) is 14.9 Å². The molecule has 0 aliphatic carbocycles. The van der Waals surface area contributed by atoms with Crippen LogP contribution < -0.4 is 10.7 Å². The molecular formula is C20H20FN5OS. The molecule has 0 saturated carbocycles. The maximum atomic E-state index is 13.4. The Morgan fingerprint density at radius 1 is 1.14 bits per heavy atom. The second-order valence-corrected chi connectivity index (χ2v) is 7.98. The molecule has 0 unspecified atom stereocenters. The number of hydrogen-bond donors (Lipinski definition) is 2. The van der Waals surface area contributed by atoms with Crippen LogP contribution in [-0.4, -0.2) is 26.0 Å². The van der Waals surface area contributed by atoms with Crippen molar-refractivity contribution in [1.29, 1.82) is 0 Å². The number of aromatic nitrogens is 3. The Morgan fingerprint density at radius 2 is 1.89 bits per heavy atom. The molecule has 0 fully saturated rings. The molecule has 28 heavy (non-hydrogen) atoms. The number of thioether (sulfide) groups is 1. The molecule has 0 bridgehead atoms. The molecule has 1 aromatic heterocycles. The predicted octanol–water partition coefficient (Wildman–Crippen LogP) is 3.74. The van der Waals surface area contributed by atoms with Gasteiger partial charge >= 0.3 is 0 Å². The van der Waals surface area contributed by atoms with Gasteiger partial charge in [-0.15, -0.1) is 10.2 Å². The third-order valence-electron chi connectivity index (χ3n) is 4.73. The summed E-state index contributed by atoms with van der Waals surface area (Å²) in [6.07, 6.45) is 0. The Labute approximate surface area is 166 Å². The number of amides is 1. The highest BCUT2D eigenvalue weighted by atomic mass is 32.2. The molecule has 2 N–H and O–H groups in total. The number of hydrogen-bond acceptors (Lipinski definition) is 5. The monoisotopic (exact) mass is 397 g/mol. The fraction of sp³-hybridized carbons (Fsp3) is 0.250. The molecule has 0 spiro atoms. The topological polar surface area (TPSA) is 71.8 Å². The number of benzene rings is 2. The largest absolute Gasteiger partial charge is 0.325 e. The van der Waals surface area contributed by atoms with E-state index in [2.05, 4.69) is 20.9 Å². The standard InChI is InChI=1S/C20H20FN5OS/c1-11-4-9-16(12(2)10-11)22-19(27)18-17(14-5-7-15(21)8-6-14)25-26-13(3)23-24-20(26)28-18/h4-10,17-18,25H,1-3H3,(H,22,27)/t17-,18+/m1/s1. The molecule has 4 rings (SSSR count). The molecule has 2 aromatic carbocycles. The number of carbonyl (C=O) groups is 1. The molecule has 8 heteroatoms. The Kier molecular flexibility index (Phi) is 4.80. The van der Waals surface area contributed by atoms with E-state index < -0.39 is 5.25 Å². The van der Waals surface area contributed by atoms with E-state index in [1.165, 1.54) is 23.9 Å². The fourth-order valence-corrected chi connectivity index (χ4v) is 4.36. The van der Waals surface area contributed by atoms with Crippen LogP contribution in [-0.2, 0) is 4.79 Å². The summed E-state index contributed by atoms with van der Waals surface area (Å²) in [6, 6.07) is 11.7. The predicted molar refractivity (Wildman–Crippen MR) is 107 cm³/mol. The van der Waals surface area contributed by atoms with Crippen LogP contribution in [0.15, 0.2) is 47.6 Å². The summed E-state index contributed by atoms with van der Waals surface area (Å²) in [5.74, 6) is 0.234. The Hall–Kier alpha value is -2.87. The van der Waals surface area contributed by atoms with E-state index in [0.717, 1.165) is 22.4 Å². The lowest BCUT2D eigenvalue weighted by molar-refractivity contribution is -0.116. The van der Waals surface area contributed by atoms with Crippen molar-refractivity contribution >= 4 is 23.4 Å². The summed E-state index contributed by atoms with van der Waals surface area (Å²) in [5.41, 5.74) is 7.03. The second kappa shape index (κ2) is 7.27. The van der Waals surface area contributed by atoms with Crippen LogP contribution in [0.2, 0.25) is 0 Å². The SMILES string of the molecule is Cc1ccc(NC(=O)[C@H]2Sc3nnc(C)n3N[C@@H]2c2ccc(F)cc2)c(C)c1. The first-order valence-corrected chi connectivity index (χ1v) is 9.79. The van der Waals surface area contributed by atoms with Gasteiger partial charge in [0.2, 0.25) is 11.1 Å². The molecule has 2 atom stereocenters. The van der Waals surface area contributed by atoms with Gasteiger partial charge in [0.1, 0.15) is 16.9 Å². The van der Waals surface area contributed by atoms with E-state index in [1.807, 2.05) is 39.0 Å². The minimum Gasteiger partial charge on any atom is -0.325 e. The van der Waals surface area contributed by atoms with Crippen molar-refractivity contribution in [3.63, 3.8) is 0 Å². The first kappa shape index (κ1) is 18.5. The molecule has 1 amide bonds. The van der Waals surface area contributed by atoms with E-state index in [0.29, 0.717) is 11.0 Å². The molecule has 6 nitrogen and oxygen atoms in total. The number of fused-ring (bicyclic) bond motifs is 1. The van der Waals surface area contributed by atoms with Gasteiger partial charge in [-0.3, -0.25) is 4.79 Å². The lowest BCUT2D eigenvalue weighted by Gasteiger charge is -2.32. The van der Waals surface area contributed by atoms with Crippen LogP contribution in [0.3, 0.4) is 0 Å². The smallest absolute Gasteiger partial charge is 0.240 e. The minimum atomic E-state index is -0.498. The van der Waals surface area contributed by atoms with E-state index in [4.69, 9.17) is 0 Å². The minimum absolute atomic E-state index is 0.148. The highest BCUT2D eigenvalue weighted by Crippen LogP contribution is 2.37. The van der Waals surface area contributed by atoms with Gasteiger partial charge in [0, 0.05) is 5.69 Å². The van der Waals surface area contributed by atoms with Crippen molar-refractivity contribution < 1.29 is 9.18 Å². The van der Waals surface area contributed by atoms with Crippen LogP contribution in [0.5, 0.6) is 0 Å². The van der Waals surface area contributed by atoms with Crippen LogP contribution in [0, 0.1) is 26.6 Å². The van der Waals surface area contributed by atoms with Gasteiger partial charge in [-0.2, -0.15) is 0 Å². The maximum absolute atomic E-state index is 13.4. The van der Waals surface area contributed by atoms with Crippen LogP contribution in [0.1, 0.15) is 28.6 Å². The molecule has 2 heterocycles. The highest BCUT2D eigenvalue weighted by Gasteiger charge is 2.37. The van der Waals surface area contributed by atoms with E-state index in [1.54, 1.807) is 16.8 Å². The summed E-state index contributed by atoms with van der Waals surface area (Å²) in [7, 11) is 0. The Morgan fingerprint density at radius 3 is 2.61 bits per heavy atom. The third kappa shape index (κ3) is 3.47. The number of nitrogens with zero attached hydrogens (tertiary/aromatic N) is 3. The zero-order valence-corrected chi connectivity index (χ0v) is 16.5. The zero-order chi connectivity index (χ0) is 19.8. The number of anilines is 1. The van der Waals surface area contributed by atoms with Gasteiger partial charge < -0.3 is 10.7 Å². The number of aryl methyl sites for hydroxylation is 3. The molecule has 1 aliphatic rings. The van der Waals surface area contributed by atoms with Gasteiger partial charge in [0.15, 0.2) is 0 Å². The van der Waals surface area contributed by atoms with E-state index >= 15 is 0 Å². The van der Waals surface area contributed by atoms with Gasteiger partial charge in [0.05, 0.1) is 6.04 Å². The fourth-order valence-electron chi connectivity index (χ4n) is 3.24. The molecule has 0 radical (unpaired) electrons. The summed E-state index contributed by atoms with van der Waals surface area (Å²) in [5, 5.41) is 11.4. The van der Waals surface area contributed by atoms with Gasteiger partial charge in [-0.25, -0.2) is 9.07 Å². The number of nitrogens with one attached hydrogen (secondary N) is 2. The average molecular weight is 397 g/mol. The molecular weight excluding hydrogens is 377 g/mol. The second-order valence-electron chi connectivity index (χ2n) is 6.87. The maximum Gasteiger partial charge on any atom is 0.240 e. The highest BCUT2D eigenvalue weighted by molar-refractivity contribution is 8.00. The van der Waals surface area contributed by atoms with Gasteiger partial charge in [-0.05, 0) is 50.1 Å². The first-order chi connectivity index (χ1) is 13.4. The number of rotatable bonds is 3. The summed E-state index contributed by atoms with van der Waals surface area (Å²) in [6.45, 7) is 5.81. The Balaban J connectivity index is 1.67. The quantitative estimate of drug-likeness (QED) is 0.704. The number of carbonyl (C=O) groups excluding carboxylic acids is 1. The zero-order valence-electron chi connectivity index (χ0n) is 15.7. The lowest BCUT2D eigenvalue weighted by Crippen LogP contribution is -2.41. The molecule has 0 saturated heterocycles. The average Bonchev–Trinajstić information content (AvgIpc) is 3.04. The van der Waals surface area contributed by atoms with Crippen molar-refractivity contribution in [3.05, 3.63) is 70.8 Å². The normalized spacial score (nSPS) is 18.3. The van der Waals surface area contributed by atoms with E-state index in [-0.39, 0.29) is 17.8 Å². The van der Waals surface area contributed by atoms with Crippen LogP contribution in [0.4, 0.5) is 10.1 Å². The molecule has 144 valence electrons. The lowest BCUT2D eigenvalue weighted by atomic mass is 10.0. The van der Waals surface area contributed by atoms with Crippen molar-refractivity contribution in [2.24, 2.45) is 0 Å². The van der Waals surface area contributed by atoms with Gasteiger partial charge in [-0.1, -0.05) is 41.6 Å². The van der Waals surface area contributed by atoms with Gasteiger partial charge in [0.25, 0.3) is 0 Å². The third-order valence-corrected chi connectivity index (χ3v) is 5.94. The molecule has 1 aliphatic heterocycles.